The number of nitrogens with zero attached hydrogens (tertiary/aromatic N) is 1. The van der Waals surface area contributed by atoms with E-state index in [9.17, 15) is 19.6 Å². The minimum atomic E-state index is -0.894. The lowest BCUT2D eigenvalue weighted by Crippen LogP contribution is -1.99. The van der Waals surface area contributed by atoms with Crippen LogP contribution in [-0.2, 0) is 0 Å². The number of nitro groups is 1. The van der Waals surface area contributed by atoms with Crippen LogP contribution < -0.4 is 4.74 Å². The Morgan fingerprint density at radius 1 is 1.33 bits per heavy atom. The highest BCUT2D eigenvalue weighted by molar-refractivity contribution is 5.47. The topological polar surface area (TPSA) is 72.6 Å². The summed E-state index contributed by atoms with van der Waals surface area (Å²) in [5.41, 5.74) is 0.685. The Labute approximate surface area is 120 Å². The van der Waals surface area contributed by atoms with Gasteiger partial charge in [0.2, 0.25) is 0 Å². The Kier molecular flexibility index (Phi) is 4.18. The van der Waals surface area contributed by atoms with Crippen LogP contribution in [0.1, 0.15) is 24.2 Å². The maximum atomic E-state index is 13.9. The third kappa shape index (κ3) is 3.17. The second kappa shape index (κ2) is 5.88. The summed E-state index contributed by atoms with van der Waals surface area (Å²) in [6.07, 6.45) is -0.894. The first-order valence-corrected chi connectivity index (χ1v) is 6.29. The molecule has 0 heterocycles. The van der Waals surface area contributed by atoms with Crippen LogP contribution >= 0.6 is 0 Å². The van der Waals surface area contributed by atoms with Gasteiger partial charge >= 0.3 is 0 Å². The molecular weight excluding hydrogens is 277 g/mol. The summed E-state index contributed by atoms with van der Waals surface area (Å²) >= 11 is 0. The number of nitro benzene ring substituents is 1. The zero-order chi connectivity index (χ0) is 15.6. The maximum Gasteiger partial charge on any atom is 0.272 e. The molecule has 5 nitrogen and oxygen atoms in total. The van der Waals surface area contributed by atoms with Gasteiger partial charge in [-0.2, -0.15) is 0 Å². The fourth-order valence-electron chi connectivity index (χ4n) is 1.98. The highest BCUT2D eigenvalue weighted by atomic mass is 19.1. The SMILES string of the molecule is Cc1cc(Oc2c(F)cccc2C(C)O)ccc1[N+](=O)[O-]. The molecule has 0 aliphatic rings. The predicted octanol–water partition coefficient (Wildman–Crippen LogP) is 3.89. The van der Waals surface area contributed by atoms with E-state index in [1.165, 1.54) is 37.3 Å². The van der Waals surface area contributed by atoms with Crippen LogP contribution in [-0.4, -0.2) is 10.0 Å². The van der Waals surface area contributed by atoms with Crippen molar-refractivity contribution in [3.8, 4) is 11.5 Å². The fourth-order valence-corrected chi connectivity index (χ4v) is 1.98. The van der Waals surface area contributed by atoms with Crippen LogP contribution in [0.2, 0.25) is 0 Å². The molecule has 0 bridgehead atoms. The van der Waals surface area contributed by atoms with Crippen LogP contribution in [0.25, 0.3) is 0 Å². The molecule has 1 N–H and O–H groups in total. The van der Waals surface area contributed by atoms with Crippen molar-refractivity contribution in [1.29, 1.82) is 0 Å². The number of benzene rings is 2. The standard InChI is InChI=1S/C15H14FNO4/c1-9-8-11(6-7-14(9)17(19)20)21-15-12(10(2)18)4-3-5-13(15)16/h3-8,10,18H,1-2H3. The predicted molar refractivity (Wildman–Crippen MR) is 74.9 cm³/mol. The second-order valence-corrected chi connectivity index (χ2v) is 4.64. The molecule has 21 heavy (non-hydrogen) atoms. The summed E-state index contributed by atoms with van der Waals surface area (Å²) < 4.78 is 19.3. The summed E-state index contributed by atoms with van der Waals surface area (Å²) in [6.45, 7) is 3.07. The van der Waals surface area contributed by atoms with Gasteiger partial charge in [-0.25, -0.2) is 4.39 Å². The average molecular weight is 291 g/mol. The number of aliphatic hydroxyl groups excluding tert-OH is 1. The Hall–Kier alpha value is -2.47. The van der Waals surface area contributed by atoms with Gasteiger partial charge < -0.3 is 9.84 Å². The second-order valence-electron chi connectivity index (χ2n) is 4.64. The van der Waals surface area contributed by atoms with Crippen molar-refractivity contribution in [3.05, 3.63) is 63.5 Å². The van der Waals surface area contributed by atoms with Gasteiger partial charge in [0.15, 0.2) is 11.6 Å². The number of ether oxygens (including phenoxy) is 1. The summed E-state index contributed by atoms with van der Waals surface area (Å²) in [5.74, 6) is -0.421. The van der Waals surface area contributed by atoms with Crippen molar-refractivity contribution in [2.24, 2.45) is 0 Å². The summed E-state index contributed by atoms with van der Waals surface area (Å²) in [6, 6.07) is 8.40. The molecule has 0 spiro atoms. The molecule has 0 aliphatic heterocycles. The Morgan fingerprint density at radius 2 is 2.05 bits per heavy atom. The van der Waals surface area contributed by atoms with Crippen molar-refractivity contribution < 1.29 is 19.2 Å². The number of aliphatic hydroxyl groups is 1. The number of aryl methyl sites for hydroxylation is 1. The zero-order valence-electron chi connectivity index (χ0n) is 11.5. The normalized spacial score (nSPS) is 12.0. The molecule has 1 atom stereocenters. The lowest BCUT2D eigenvalue weighted by Gasteiger charge is -2.14. The first-order chi connectivity index (χ1) is 9.90. The molecule has 110 valence electrons. The van der Waals surface area contributed by atoms with Crippen LogP contribution in [0.5, 0.6) is 11.5 Å². The number of halogens is 1. The van der Waals surface area contributed by atoms with Gasteiger partial charge in [0.1, 0.15) is 5.75 Å². The first kappa shape index (κ1) is 14.9. The van der Waals surface area contributed by atoms with E-state index in [1.807, 2.05) is 0 Å². The highest BCUT2D eigenvalue weighted by Gasteiger charge is 2.16. The molecule has 0 fully saturated rings. The molecule has 0 radical (unpaired) electrons. The summed E-state index contributed by atoms with van der Waals surface area (Å²) in [5, 5.41) is 20.4. The molecular formula is C15H14FNO4. The van der Waals surface area contributed by atoms with Crippen molar-refractivity contribution >= 4 is 5.69 Å². The van der Waals surface area contributed by atoms with Gasteiger partial charge in [-0.1, -0.05) is 12.1 Å². The van der Waals surface area contributed by atoms with Crippen molar-refractivity contribution in [1.82, 2.24) is 0 Å². The molecule has 0 saturated heterocycles. The molecule has 0 aromatic heterocycles. The van der Waals surface area contributed by atoms with E-state index in [0.717, 1.165) is 0 Å². The number of para-hydroxylation sites is 1. The molecule has 0 amide bonds. The number of hydrogen-bond donors (Lipinski definition) is 1. The lowest BCUT2D eigenvalue weighted by molar-refractivity contribution is -0.385. The van der Waals surface area contributed by atoms with Gasteiger partial charge in [-0.05, 0) is 32.0 Å². The van der Waals surface area contributed by atoms with E-state index in [-0.39, 0.29) is 17.2 Å². The van der Waals surface area contributed by atoms with Crippen LogP contribution in [0.4, 0.5) is 10.1 Å². The van der Waals surface area contributed by atoms with E-state index in [0.29, 0.717) is 11.1 Å². The minimum Gasteiger partial charge on any atom is -0.454 e. The molecule has 2 rings (SSSR count). The monoisotopic (exact) mass is 291 g/mol. The molecule has 0 aliphatic carbocycles. The number of hydrogen-bond acceptors (Lipinski definition) is 4. The minimum absolute atomic E-state index is 0.0355. The van der Waals surface area contributed by atoms with E-state index in [4.69, 9.17) is 4.74 Å². The third-order valence-corrected chi connectivity index (χ3v) is 3.03. The summed E-state index contributed by atoms with van der Waals surface area (Å²) in [7, 11) is 0. The lowest BCUT2D eigenvalue weighted by atomic mass is 10.1. The van der Waals surface area contributed by atoms with E-state index < -0.39 is 16.8 Å². The quantitative estimate of drug-likeness (QED) is 0.685. The summed E-state index contributed by atoms with van der Waals surface area (Å²) in [4.78, 5) is 10.3. The van der Waals surface area contributed by atoms with Gasteiger partial charge in [-0.3, -0.25) is 10.1 Å². The Bertz CT molecular complexity index is 685. The highest BCUT2D eigenvalue weighted by Crippen LogP contribution is 2.33. The first-order valence-electron chi connectivity index (χ1n) is 6.29. The van der Waals surface area contributed by atoms with E-state index in [1.54, 1.807) is 13.0 Å². The van der Waals surface area contributed by atoms with Crippen LogP contribution in [0.3, 0.4) is 0 Å². The Morgan fingerprint density at radius 3 is 2.62 bits per heavy atom. The van der Waals surface area contributed by atoms with Gasteiger partial charge in [0, 0.05) is 17.2 Å². The van der Waals surface area contributed by atoms with Crippen LogP contribution in [0, 0.1) is 22.9 Å². The molecule has 1 unspecified atom stereocenters. The Balaban J connectivity index is 2.39. The molecule has 6 heteroatoms. The van der Waals surface area contributed by atoms with Gasteiger partial charge in [0.05, 0.1) is 11.0 Å². The molecule has 0 saturated carbocycles. The zero-order valence-corrected chi connectivity index (χ0v) is 11.5. The van der Waals surface area contributed by atoms with Crippen molar-refractivity contribution in [2.75, 3.05) is 0 Å². The van der Waals surface area contributed by atoms with Crippen molar-refractivity contribution in [3.63, 3.8) is 0 Å². The molecule has 2 aromatic rings. The van der Waals surface area contributed by atoms with Gasteiger partial charge in [0.25, 0.3) is 5.69 Å². The maximum absolute atomic E-state index is 13.9. The fraction of sp³-hybridized carbons (Fsp3) is 0.200. The van der Waals surface area contributed by atoms with Crippen molar-refractivity contribution in [2.45, 2.75) is 20.0 Å². The van der Waals surface area contributed by atoms with E-state index >= 15 is 0 Å². The third-order valence-electron chi connectivity index (χ3n) is 3.03. The molecule has 2 aromatic carbocycles. The smallest absolute Gasteiger partial charge is 0.272 e. The van der Waals surface area contributed by atoms with E-state index in [2.05, 4.69) is 0 Å². The van der Waals surface area contributed by atoms with Crippen LogP contribution in [0.15, 0.2) is 36.4 Å². The largest absolute Gasteiger partial charge is 0.454 e. The van der Waals surface area contributed by atoms with Gasteiger partial charge in [-0.15, -0.1) is 0 Å². The average Bonchev–Trinajstić information content (AvgIpc) is 2.40. The number of rotatable bonds is 4.